The van der Waals surface area contributed by atoms with Crippen LogP contribution in [0.2, 0.25) is 0 Å². The molecule has 1 rings (SSSR count). The van der Waals surface area contributed by atoms with Crippen LogP contribution in [0.5, 0.6) is 5.75 Å². The van der Waals surface area contributed by atoms with Gasteiger partial charge in [0.15, 0.2) is 0 Å². The summed E-state index contributed by atoms with van der Waals surface area (Å²) in [6, 6.07) is 10.0. The van der Waals surface area contributed by atoms with E-state index in [0.29, 0.717) is 0 Å². The van der Waals surface area contributed by atoms with Crippen LogP contribution in [-0.4, -0.2) is 19.8 Å². The molecule has 0 unspecified atom stereocenters. The molecule has 0 atom stereocenters. The lowest BCUT2D eigenvalue weighted by atomic mass is 10.1. The molecule has 0 amide bonds. The van der Waals surface area contributed by atoms with Gasteiger partial charge in [-0.1, -0.05) is 43.9 Å². The van der Waals surface area contributed by atoms with E-state index in [4.69, 9.17) is 9.47 Å². The van der Waals surface area contributed by atoms with E-state index in [1.54, 1.807) is 0 Å². The third kappa shape index (κ3) is 8.13. The molecular formula is C16H26O2. The monoisotopic (exact) mass is 250 g/mol. The zero-order valence-electron chi connectivity index (χ0n) is 11.6. The van der Waals surface area contributed by atoms with Gasteiger partial charge in [-0.15, -0.1) is 0 Å². The number of unbranched alkanes of at least 4 members (excludes halogenated alkanes) is 5. The first-order valence-electron chi connectivity index (χ1n) is 7.19. The molecule has 0 radical (unpaired) electrons. The Hall–Kier alpha value is -1.02. The first-order chi connectivity index (χ1) is 8.93. The van der Waals surface area contributed by atoms with Crippen molar-refractivity contribution in [3.05, 3.63) is 30.3 Å². The van der Waals surface area contributed by atoms with Crippen LogP contribution in [0.1, 0.15) is 45.4 Å². The van der Waals surface area contributed by atoms with Gasteiger partial charge in [0.05, 0.1) is 6.61 Å². The molecule has 0 saturated heterocycles. The summed E-state index contributed by atoms with van der Waals surface area (Å²) in [5, 5.41) is 0. The second-order valence-corrected chi connectivity index (χ2v) is 4.48. The predicted octanol–water partition coefficient (Wildman–Crippen LogP) is 4.44. The Labute approximate surface area is 111 Å². The van der Waals surface area contributed by atoms with Crippen molar-refractivity contribution in [3.8, 4) is 5.75 Å². The first kappa shape index (κ1) is 15.0. The standard InChI is InChI=1S/C16H26O2/c1-2-17-14-10-5-3-4-6-11-15-18-16-12-8-7-9-13-16/h7-9,12-13H,2-6,10-11,14-15H2,1H3. The van der Waals surface area contributed by atoms with E-state index < -0.39 is 0 Å². The highest BCUT2D eigenvalue weighted by molar-refractivity contribution is 5.20. The lowest BCUT2D eigenvalue weighted by molar-refractivity contribution is 0.143. The third-order valence-electron chi connectivity index (χ3n) is 2.90. The maximum atomic E-state index is 5.65. The Balaban J connectivity index is 1.82. The van der Waals surface area contributed by atoms with E-state index in [0.717, 1.165) is 32.0 Å². The fourth-order valence-corrected chi connectivity index (χ4v) is 1.86. The number of ether oxygens (including phenoxy) is 2. The molecule has 0 aromatic heterocycles. The van der Waals surface area contributed by atoms with E-state index in [-0.39, 0.29) is 0 Å². The number of benzene rings is 1. The second kappa shape index (κ2) is 11.1. The van der Waals surface area contributed by atoms with E-state index in [2.05, 4.69) is 0 Å². The molecule has 18 heavy (non-hydrogen) atoms. The van der Waals surface area contributed by atoms with Crippen LogP contribution < -0.4 is 4.74 Å². The van der Waals surface area contributed by atoms with Crippen molar-refractivity contribution in [1.82, 2.24) is 0 Å². The minimum absolute atomic E-state index is 0.836. The number of rotatable bonds is 11. The molecule has 2 nitrogen and oxygen atoms in total. The maximum absolute atomic E-state index is 5.65. The van der Waals surface area contributed by atoms with E-state index in [1.165, 1.54) is 32.1 Å². The third-order valence-corrected chi connectivity index (χ3v) is 2.90. The Morgan fingerprint density at radius 1 is 0.778 bits per heavy atom. The molecule has 0 aliphatic carbocycles. The van der Waals surface area contributed by atoms with Gasteiger partial charge in [-0.2, -0.15) is 0 Å². The summed E-state index contributed by atoms with van der Waals surface area (Å²) in [5.41, 5.74) is 0. The largest absolute Gasteiger partial charge is 0.494 e. The van der Waals surface area contributed by atoms with Gasteiger partial charge in [0.25, 0.3) is 0 Å². The minimum atomic E-state index is 0.836. The molecule has 0 fully saturated rings. The second-order valence-electron chi connectivity index (χ2n) is 4.48. The van der Waals surface area contributed by atoms with E-state index >= 15 is 0 Å². The van der Waals surface area contributed by atoms with Crippen molar-refractivity contribution in [3.63, 3.8) is 0 Å². The molecule has 1 aromatic carbocycles. The highest BCUT2D eigenvalue weighted by atomic mass is 16.5. The number of para-hydroxylation sites is 1. The van der Waals surface area contributed by atoms with Crippen molar-refractivity contribution in [1.29, 1.82) is 0 Å². The van der Waals surface area contributed by atoms with Gasteiger partial charge in [-0.25, -0.2) is 0 Å². The van der Waals surface area contributed by atoms with Crippen LogP contribution in [0.3, 0.4) is 0 Å². The van der Waals surface area contributed by atoms with Crippen LogP contribution in [0.15, 0.2) is 30.3 Å². The number of hydrogen-bond donors (Lipinski definition) is 0. The highest BCUT2D eigenvalue weighted by Crippen LogP contribution is 2.10. The van der Waals surface area contributed by atoms with Gasteiger partial charge >= 0.3 is 0 Å². The molecular weight excluding hydrogens is 224 g/mol. The summed E-state index contributed by atoms with van der Waals surface area (Å²) >= 11 is 0. The van der Waals surface area contributed by atoms with Crippen molar-refractivity contribution in [2.45, 2.75) is 45.4 Å². The molecule has 1 aromatic rings. The van der Waals surface area contributed by atoms with Crippen LogP contribution in [0.25, 0.3) is 0 Å². The van der Waals surface area contributed by atoms with E-state index in [9.17, 15) is 0 Å². The van der Waals surface area contributed by atoms with Crippen LogP contribution >= 0.6 is 0 Å². The minimum Gasteiger partial charge on any atom is -0.494 e. The fraction of sp³-hybridized carbons (Fsp3) is 0.625. The first-order valence-corrected chi connectivity index (χ1v) is 7.19. The van der Waals surface area contributed by atoms with Gasteiger partial charge < -0.3 is 9.47 Å². The zero-order valence-corrected chi connectivity index (χ0v) is 11.6. The van der Waals surface area contributed by atoms with Gasteiger partial charge in [-0.05, 0) is 31.9 Å². The van der Waals surface area contributed by atoms with Gasteiger partial charge in [0.1, 0.15) is 5.75 Å². The van der Waals surface area contributed by atoms with Crippen LogP contribution in [0.4, 0.5) is 0 Å². The predicted molar refractivity (Wildman–Crippen MR) is 76.1 cm³/mol. The van der Waals surface area contributed by atoms with Crippen molar-refractivity contribution < 1.29 is 9.47 Å². The Bertz CT molecular complexity index is 272. The summed E-state index contributed by atoms with van der Waals surface area (Å²) in [7, 11) is 0. The SMILES string of the molecule is CCOCCCCCCCCOc1ccccc1. The summed E-state index contributed by atoms with van der Waals surface area (Å²) in [5.74, 6) is 0.981. The van der Waals surface area contributed by atoms with Gasteiger partial charge in [0.2, 0.25) is 0 Å². The van der Waals surface area contributed by atoms with Crippen LogP contribution in [0, 0.1) is 0 Å². The van der Waals surface area contributed by atoms with E-state index in [1.807, 2.05) is 37.3 Å². The fourth-order valence-electron chi connectivity index (χ4n) is 1.86. The normalized spacial score (nSPS) is 10.5. The summed E-state index contributed by atoms with van der Waals surface area (Å²) in [4.78, 5) is 0. The molecule has 0 aliphatic heterocycles. The average molecular weight is 250 g/mol. The highest BCUT2D eigenvalue weighted by Gasteiger charge is 1.93. The summed E-state index contributed by atoms with van der Waals surface area (Å²) < 4.78 is 11.0. The molecule has 102 valence electrons. The Kier molecular flexibility index (Phi) is 9.27. The van der Waals surface area contributed by atoms with Crippen molar-refractivity contribution >= 4 is 0 Å². The Morgan fingerprint density at radius 2 is 1.39 bits per heavy atom. The smallest absolute Gasteiger partial charge is 0.119 e. The summed E-state index contributed by atoms with van der Waals surface area (Å²) in [6.07, 6.45) is 7.54. The lowest BCUT2D eigenvalue weighted by Gasteiger charge is -2.05. The quantitative estimate of drug-likeness (QED) is 0.540. The van der Waals surface area contributed by atoms with Crippen LogP contribution in [-0.2, 0) is 4.74 Å². The molecule has 0 aliphatic rings. The molecule has 0 saturated carbocycles. The molecule has 0 N–H and O–H groups in total. The zero-order chi connectivity index (χ0) is 12.9. The maximum Gasteiger partial charge on any atom is 0.119 e. The molecule has 0 bridgehead atoms. The van der Waals surface area contributed by atoms with Gasteiger partial charge in [0, 0.05) is 13.2 Å². The molecule has 0 heterocycles. The van der Waals surface area contributed by atoms with Gasteiger partial charge in [-0.3, -0.25) is 0 Å². The summed E-state index contributed by atoms with van der Waals surface area (Å²) in [6.45, 7) is 4.65. The topological polar surface area (TPSA) is 18.5 Å². The lowest BCUT2D eigenvalue weighted by Crippen LogP contribution is -1.97. The van der Waals surface area contributed by atoms with Crippen molar-refractivity contribution in [2.24, 2.45) is 0 Å². The molecule has 2 heteroatoms. The molecule has 0 spiro atoms. The van der Waals surface area contributed by atoms with Crippen molar-refractivity contribution in [2.75, 3.05) is 19.8 Å². The number of hydrogen-bond acceptors (Lipinski definition) is 2. The Morgan fingerprint density at radius 3 is 2.06 bits per heavy atom. The average Bonchev–Trinajstić information content (AvgIpc) is 2.42.